The van der Waals surface area contributed by atoms with Crippen molar-refractivity contribution in [3.05, 3.63) is 20.2 Å². The van der Waals surface area contributed by atoms with Crippen molar-refractivity contribution >= 4 is 23.2 Å². The summed E-state index contributed by atoms with van der Waals surface area (Å²) in [6.45, 7) is 2.74. The van der Waals surface area contributed by atoms with Gasteiger partial charge < -0.3 is 15.2 Å². The third kappa shape index (κ3) is 3.70. The maximum atomic E-state index is 11.9. The second-order valence-electron chi connectivity index (χ2n) is 4.83. The van der Waals surface area contributed by atoms with Gasteiger partial charge in [-0.1, -0.05) is 18.3 Å². The van der Waals surface area contributed by atoms with E-state index >= 15 is 0 Å². The molecule has 0 aromatic carbocycles. The topological polar surface area (TPSA) is 97.6 Å². The normalized spacial score (nSPS) is 17.9. The molecule has 2 N–H and O–H groups in total. The van der Waals surface area contributed by atoms with Gasteiger partial charge in [-0.2, -0.15) is 0 Å². The van der Waals surface area contributed by atoms with E-state index in [0.29, 0.717) is 36.6 Å². The molecule has 7 nitrogen and oxygen atoms in total. The van der Waals surface area contributed by atoms with Crippen molar-refractivity contribution < 1.29 is 19.4 Å². The molecule has 0 radical (unpaired) electrons. The standard InChI is InChI=1S/C13H18N2O5S/c1-2-9-11(12(17)18)21-13(19)15(9)7-10(16)14-6-8-4-3-5-20-8/h8H,2-7H2,1H3,(H,14,16)(H,17,18). The lowest BCUT2D eigenvalue weighted by Gasteiger charge is -2.11. The predicted molar refractivity (Wildman–Crippen MR) is 76.9 cm³/mol. The second kappa shape index (κ2) is 6.86. The molecule has 116 valence electrons. The first kappa shape index (κ1) is 15.7. The molecule has 1 unspecified atom stereocenters. The van der Waals surface area contributed by atoms with Crippen molar-refractivity contribution in [2.45, 2.75) is 38.8 Å². The number of aromatic nitrogens is 1. The number of thiazole rings is 1. The molecule has 1 aromatic rings. The monoisotopic (exact) mass is 314 g/mol. The molecular weight excluding hydrogens is 296 g/mol. The molecule has 0 saturated carbocycles. The summed E-state index contributed by atoms with van der Waals surface area (Å²) in [6.07, 6.45) is 2.34. The molecule has 1 aliphatic rings. The number of hydrogen-bond acceptors (Lipinski definition) is 5. The zero-order valence-corrected chi connectivity index (χ0v) is 12.6. The number of amides is 1. The van der Waals surface area contributed by atoms with Crippen LogP contribution in [0, 0.1) is 0 Å². The minimum atomic E-state index is -1.13. The number of hydrogen-bond donors (Lipinski definition) is 2. The molecule has 2 heterocycles. The van der Waals surface area contributed by atoms with Gasteiger partial charge in [0.2, 0.25) is 5.91 Å². The van der Waals surface area contributed by atoms with E-state index in [2.05, 4.69) is 5.32 Å². The van der Waals surface area contributed by atoms with Gasteiger partial charge in [0.15, 0.2) is 0 Å². The molecule has 21 heavy (non-hydrogen) atoms. The van der Waals surface area contributed by atoms with Crippen LogP contribution in [0.25, 0.3) is 0 Å². The number of carbonyl (C=O) groups excluding carboxylic acids is 1. The smallest absolute Gasteiger partial charge is 0.347 e. The SMILES string of the molecule is CCc1c(C(=O)O)sc(=O)n1CC(=O)NCC1CCCO1. The van der Waals surface area contributed by atoms with Crippen molar-refractivity contribution in [1.82, 2.24) is 9.88 Å². The number of nitrogens with zero attached hydrogens (tertiary/aromatic N) is 1. The Hall–Kier alpha value is -1.67. The van der Waals surface area contributed by atoms with Crippen LogP contribution in [0.2, 0.25) is 0 Å². The van der Waals surface area contributed by atoms with Crippen molar-refractivity contribution in [3.63, 3.8) is 0 Å². The highest BCUT2D eigenvalue weighted by atomic mass is 32.1. The third-order valence-corrected chi connectivity index (χ3v) is 4.39. The van der Waals surface area contributed by atoms with Gasteiger partial charge in [0.05, 0.1) is 6.10 Å². The van der Waals surface area contributed by atoms with Crippen LogP contribution in [0.1, 0.15) is 35.1 Å². The molecule has 0 bridgehead atoms. The summed E-state index contributed by atoms with van der Waals surface area (Å²) in [7, 11) is 0. The van der Waals surface area contributed by atoms with Crippen LogP contribution in [0.4, 0.5) is 0 Å². The van der Waals surface area contributed by atoms with E-state index in [1.807, 2.05) is 0 Å². The Labute approximate surface area is 125 Å². The number of ether oxygens (including phenoxy) is 1. The summed E-state index contributed by atoms with van der Waals surface area (Å²) < 4.78 is 6.63. The first-order chi connectivity index (χ1) is 10.0. The molecule has 1 saturated heterocycles. The molecule has 2 rings (SSSR count). The Morgan fingerprint density at radius 2 is 2.29 bits per heavy atom. The highest BCUT2D eigenvalue weighted by Crippen LogP contribution is 2.14. The quantitative estimate of drug-likeness (QED) is 0.795. The van der Waals surface area contributed by atoms with Gasteiger partial charge in [-0.05, 0) is 19.3 Å². The van der Waals surface area contributed by atoms with E-state index in [0.717, 1.165) is 12.8 Å². The van der Waals surface area contributed by atoms with Gasteiger partial charge in [-0.3, -0.25) is 14.2 Å². The molecule has 1 amide bonds. The number of nitrogens with one attached hydrogen (secondary N) is 1. The fraction of sp³-hybridized carbons (Fsp3) is 0.615. The van der Waals surface area contributed by atoms with E-state index in [9.17, 15) is 14.4 Å². The van der Waals surface area contributed by atoms with Crippen LogP contribution in [0.3, 0.4) is 0 Å². The first-order valence-electron chi connectivity index (χ1n) is 6.87. The van der Waals surface area contributed by atoms with Gasteiger partial charge >= 0.3 is 10.8 Å². The summed E-state index contributed by atoms with van der Waals surface area (Å²) >= 11 is 0.662. The Morgan fingerprint density at radius 3 is 2.86 bits per heavy atom. The van der Waals surface area contributed by atoms with Crippen LogP contribution in [0.15, 0.2) is 4.79 Å². The minimum absolute atomic E-state index is 0.00873. The van der Waals surface area contributed by atoms with Crippen molar-refractivity contribution in [3.8, 4) is 0 Å². The Balaban J connectivity index is 2.02. The zero-order valence-electron chi connectivity index (χ0n) is 11.8. The van der Waals surface area contributed by atoms with E-state index in [4.69, 9.17) is 9.84 Å². The number of rotatable bonds is 6. The average molecular weight is 314 g/mol. The van der Waals surface area contributed by atoms with Crippen LogP contribution in [-0.4, -0.2) is 40.8 Å². The molecule has 0 spiro atoms. The van der Waals surface area contributed by atoms with E-state index < -0.39 is 10.8 Å². The number of aromatic carboxylic acids is 1. The molecule has 1 atom stereocenters. The fourth-order valence-corrected chi connectivity index (χ4v) is 3.26. The van der Waals surface area contributed by atoms with Crippen LogP contribution >= 0.6 is 11.3 Å². The summed E-state index contributed by atoms with van der Waals surface area (Å²) in [5, 5.41) is 11.8. The second-order valence-corrected chi connectivity index (χ2v) is 5.79. The van der Waals surface area contributed by atoms with Gasteiger partial charge in [-0.15, -0.1) is 0 Å². The van der Waals surface area contributed by atoms with Gasteiger partial charge in [0.1, 0.15) is 11.4 Å². The van der Waals surface area contributed by atoms with Crippen molar-refractivity contribution in [2.24, 2.45) is 0 Å². The summed E-state index contributed by atoms with van der Waals surface area (Å²) in [5.74, 6) is -1.44. The molecule has 1 fully saturated rings. The van der Waals surface area contributed by atoms with Crippen LogP contribution in [-0.2, 0) is 22.5 Å². The fourth-order valence-electron chi connectivity index (χ4n) is 2.35. The van der Waals surface area contributed by atoms with Gasteiger partial charge in [0.25, 0.3) is 0 Å². The highest BCUT2D eigenvalue weighted by molar-refractivity contribution is 7.11. The highest BCUT2D eigenvalue weighted by Gasteiger charge is 2.21. The molecule has 8 heteroatoms. The van der Waals surface area contributed by atoms with Crippen molar-refractivity contribution in [2.75, 3.05) is 13.2 Å². The van der Waals surface area contributed by atoms with Crippen molar-refractivity contribution in [1.29, 1.82) is 0 Å². The first-order valence-corrected chi connectivity index (χ1v) is 7.68. The number of carboxylic acid groups (broad SMARTS) is 1. The summed E-state index contributed by atoms with van der Waals surface area (Å²) in [5.41, 5.74) is 0.393. The zero-order chi connectivity index (χ0) is 15.4. The maximum absolute atomic E-state index is 11.9. The summed E-state index contributed by atoms with van der Waals surface area (Å²) in [6, 6.07) is 0. The maximum Gasteiger partial charge on any atom is 0.347 e. The Kier molecular flexibility index (Phi) is 5.13. The third-order valence-electron chi connectivity index (χ3n) is 3.38. The summed E-state index contributed by atoms with van der Waals surface area (Å²) in [4.78, 5) is 34.4. The predicted octanol–water partition coefficient (Wildman–Crippen LogP) is 0.466. The largest absolute Gasteiger partial charge is 0.477 e. The van der Waals surface area contributed by atoms with E-state index in [1.54, 1.807) is 6.92 Å². The lowest BCUT2D eigenvalue weighted by atomic mass is 10.2. The molecular formula is C13H18N2O5S. The average Bonchev–Trinajstić information content (AvgIpc) is 3.05. The van der Waals surface area contributed by atoms with Crippen LogP contribution in [0.5, 0.6) is 0 Å². The lowest BCUT2D eigenvalue weighted by molar-refractivity contribution is -0.122. The molecule has 1 aliphatic heterocycles. The lowest BCUT2D eigenvalue weighted by Crippen LogP contribution is -2.36. The van der Waals surface area contributed by atoms with E-state index in [1.165, 1.54) is 4.57 Å². The Bertz CT molecular complexity index is 586. The molecule has 1 aromatic heterocycles. The van der Waals surface area contributed by atoms with Crippen LogP contribution < -0.4 is 10.2 Å². The number of carboxylic acids is 1. The van der Waals surface area contributed by atoms with E-state index in [-0.39, 0.29) is 23.4 Å². The minimum Gasteiger partial charge on any atom is -0.477 e. The van der Waals surface area contributed by atoms with Gasteiger partial charge in [-0.25, -0.2) is 4.79 Å². The Morgan fingerprint density at radius 1 is 1.52 bits per heavy atom. The van der Waals surface area contributed by atoms with Gasteiger partial charge in [0, 0.05) is 18.8 Å². The number of carbonyl (C=O) groups is 2. The molecule has 0 aliphatic carbocycles.